The van der Waals surface area contributed by atoms with Gasteiger partial charge in [0.25, 0.3) is 0 Å². The van der Waals surface area contributed by atoms with Gasteiger partial charge < -0.3 is 19.3 Å². The number of hydrogen-bond acceptors (Lipinski definition) is 5. The van der Waals surface area contributed by atoms with E-state index in [0.717, 1.165) is 24.8 Å². The van der Waals surface area contributed by atoms with Gasteiger partial charge in [0.2, 0.25) is 0 Å². The summed E-state index contributed by atoms with van der Waals surface area (Å²) in [5.41, 5.74) is 1.04. The average molecular weight is 306 g/mol. The Kier molecular flexibility index (Phi) is 4.25. The van der Waals surface area contributed by atoms with Gasteiger partial charge in [0.05, 0.1) is 19.3 Å². The molecule has 0 saturated carbocycles. The minimum atomic E-state index is -0.463. The fourth-order valence-corrected chi connectivity index (χ4v) is 3.36. The monoisotopic (exact) mass is 306 g/mol. The van der Waals surface area contributed by atoms with Crippen molar-refractivity contribution in [1.82, 2.24) is 0 Å². The molecule has 0 spiro atoms. The lowest BCUT2D eigenvalue weighted by molar-refractivity contribution is -0.0647. The lowest BCUT2D eigenvalue weighted by atomic mass is 9.92. The van der Waals surface area contributed by atoms with Crippen molar-refractivity contribution in [2.75, 3.05) is 7.11 Å². The number of carbonyl (C=O) groups excluding carboxylic acids is 1. The average Bonchev–Trinajstić information content (AvgIpc) is 2.46. The molecule has 3 rings (SSSR count). The van der Waals surface area contributed by atoms with Gasteiger partial charge in [0, 0.05) is 18.9 Å². The molecular weight excluding hydrogens is 284 g/mol. The smallest absolute Gasteiger partial charge is 0.342 e. The molecule has 120 valence electrons. The van der Waals surface area contributed by atoms with Crippen molar-refractivity contribution in [3.63, 3.8) is 0 Å². The van der Waals surface area contributed by atoms with Crippen LogP contribution in [0.25, 0.3) is 0 Å². The summed E-state index contributed by atoms with van der Waals surface area (Å²) in [5, 5.41) is 9.98. The van der Waals surface area contributed by atoms with Gasteiger partial charge in [-0.2, -0.15) is 0 Å². The molecule has 2 heterocycles. The standard InChI is InChI=1S/C17H22O5/c1-10-4-3-5-12(21-10)8-14-7-11-6-13(20-2)9-15(18)16(11)17(19)22-14/h6,9-10,12,14,18H,3-5,7-8H2,1-2H3/t10-,12+,14?/m0/s1. The van der Waals surface area contributed by atoms with Crippen LogP contribution in [0.1, 0.15) is 48.5 Å². The van der Waals surface area contributed by atoms with Gasteiger partial charge >= 0.3 is 5.97 Å². The number of benzene rings is 1. The SMILES string of the molecule is COc1cc(O)c2c(c1)CC(C[C@H]1CCC[C@H](C)O1)OC2=O. The maximum atomic E-state index is 12.2. The largest absolute Gasteiger partial charge is 0.507 e. The van der Waals surface area contributed by atoms with Gasteiger partial charge in [-0.15, -0.1) is 0 Å². The number of phenols is 1. The van der Waals surface area contributed by atoms with Crippen molar-refractivity contribution in [2.24, 2.45) is 0 Å². The first-order chi connectivity index (χ1) is 10.6. The Morgan fingerprint density at radius 2 is 2.14 bits per heavy atom. The highest BCUT2D eigenvalue weighted by Gasteiger charge is 2.32. The molecule has 22 heavy (non-hydrogen) atoms. The van der Waals surface area contributed by atoms with Crippen molar-refractivity contribution in [2.45, 2.75) is 57.3 Å². The lowest BCUT2D eigenvalue weighted by Gasteiger charge is -2.32. The Bertz CT molecular complexity index is 568. The molecule has 1 fully saturated rings. The number of hydrogen-bond donors (Lipinski definition) is 1. The number of esters is 1. The van der Waals surface area contributed by atoms with Crippen LogP contribution in [0.3, 0.4) is 0 Å². The molecule has 0 amide bonds. The second kappa shape index (κ2) is 6.16. The number of fused-ring (bicyclic) bond motifs is 1. The third-order valence-electron chi connectivity index (χ3n) is 4.42. The Morgan fingerprint density at radius 1 is 1.32 bits per heavy atom. The van der Waals surface area contributed by atoms with Gasteiger partial charge in [0.15, 0.2) is 0 Å². The van der Waals surface area contributed by atoms with Crippen LogP contribution in [0, 0.1) is 0 Å². The summed E-state index contributed by atoms with van der Waals surface area (Å²) >= 11 is 0. The molecule has 1 unspecified atom stereocenters. The fraction of sp³-hybridized carbons (Fsp3) is 0.588. The summed E-state index contributed by atoms with van der Waals surface area (Å²) in [6, 6.07) is 3.24. The molecule has 0 radical (unpaired) electrons. The van der Waals surface area contributed by atoms with Crippen LogP contribution >= 0.6 is 0 Å². The quantitative estimate of drug-likeness (QED) is 0.870. The van der Waals surface area contributed by atoms with Crippen LogP contribution in [-0.4, -0.2) is 36.5 Å². The first-order valence-electron chi connectivity index (χ1n) is 7.83. The highest BCUT2D eigenvalue weighted by molar-refractivity contribution is 5.95. The third kappa shape index (κ3) is 3.04. The summed E-state index contributed by atoms with van der Waals surface area (Å²) in [6.45, 7) is 2.08. The molecule has 0 aromatic heterocycles. The summed E-state index contributed by atoms with van der Waals surface area (Å²) in [5.74, 6) is 0.00263. The van der Waals surface area contributed by atoms with Crippen LogP contribution in [0.5, 0.6) is 11.5 Å². The van der Waals surface area contributed by atoms with E-state index in [4.69, 9.17) is 14.2 Å². The van der Waals surface area contributed by atoms with Gasteiger partial charge in [-0.25, -0.2) is 4.79 Å². The lowest BCUT2D eigenvalue weighted by Crippen LogP contribution is -2.34. The number of methoxy groups -OCH3 is 1. The number of phenolic OH excluding ortho intramolecular Hbond substituents is 1. The summed E-state index contributed by atoms with van der Waals surface area (Å²) in [4.78, 5) is 12.2. The topological polar surface area (TPSA) is 65.0 Å². The summed E-state index contributed by atoms with van der Waals surface area (Å²) in [7, 11) is 1.54. The van der Waals surface area contributed by atoms with Gasteiger partial charge in [-0.05, 0) is 37.8 Å². The predicted octanol–water partition coefficient (Wildman–Crippen LogP) is 2.83. The zero-order chi connectivity index (χ0) is 15.7. The van der Waals surface area contributed by atoms with Crippen molar-refractivity contribution in [1.29, 1.82) is 0 Å². The molecule has 0 bridgehead atoms. The number of rotatable bonds is 3. The van der Waals surface area contributed by atoms with Crippen LogP contribution in [0.4, 0.5) is 0 Å². The van der Waals surface area contributed by atoms with Crippen molar-refractivity contribution in [3.05, 3.63) is 23.3 Å². The highest BCUT2D eigenvalue weighted by Crippen LogP contribution is 2.34. The molecule has 1 aromatic carbocycles. The Balaban J connectivity index is 1.75. The van der Waals surface area contributed by atoms with Gasteiger partial charge in [-0.3, -0.25) is 0 Å². The minimum Gasteiger partial charge on any atom is -0.507 e. The molecule has 0 aliphatic carbocycles. The van der Waals surface area contributed by atoms with Crippen LogP contribution in [0.15, 0.2) is 12.1 Å². The second-order valence-electron chi connectivity index (χ2n) is 6.15. The van der Waals surface area contributed by atoms with E-state index in [-0.39, 0.29) is 29.6 Å². The van der Waals surface area contributed by atoms with Gasteiger partial charge in [-0.1, -0.05) is 0 Å². The summed E-state index contributed by atoms with van der Waals surface area (Å²) < 4.78 is 16.6. The molecule has 3 atom stereocenters. The minimum absolute atomic E-state index is 0.0830. The molecule has 5 heteroatoms. The molecule has 2 aliphatic heterocycles. The van der Waals surface area contributed by atoms with E-state index in [1.807, 2.05) is 0 Å². The maximum absolute atomic E-state index is 12.2. The maximum Gasteiger partial charge on any atom is 0.342 e. The second-order valence-corrected chi connectivity index (χ2v) is 6.15. The molecule has 1 aromatic rings. The number of carbonyl (C=O) groups is 1. The Labute approximate surface area is 130 Å². The zero-order valence-corrected chi connectivity index (χ0v) is 13.0. The Morgan fingerprint density at radius 3 is 2.86 bits per heavy atom. The number of ether oxygens (including phenoxy) is 3. The van der Waals surface area contributed by atoms with Crippen LogP contribution in [-0.2, 0) is 15.9 Å². The molecule has 2 aliphatic rings. The molecule has 5 nitrogen and oxygen atoms in total. The first-order valence-corrected chi connectivity index (χ1v) is 7.83. The number of cyclic esters (lactones) is 1. The van der Waals surface area contributed by atoms with E-state index in [1.165, 1.54) is 13.2 Å². The molecule has 1 N–H and O–H groups in total. The number of aromatic hydroxyl groups is 1. The first kappa shape index (κ1) is 15.2. The predicted molar refractivity (Wildman–Crippen MR) is 80.4 cm³/mol. The van der Waals surface area contributed by atoms with E-state index in [2.05, 4.69) is 6.92 Å². The van der Waals surface area contributed by atoms with E-state index in [9.17, 15) is 9.90 Å². The molecule has 1 saturated heterocycles. The van der Waals surface area contributed by atoms with E-state index < -0.39 is 5.97 Å². The summed E-state index contributed by atoms with van der Waals surface area (Å²) in [6.07, 6.45) is 4.74. The van der Waals surface area contributed by atoms with Crippen LogP contribution < -0.4 is 4.74 Å². The fourth-order valence-electron chi connectivity index (χ4n) is 3.36. The molecular formula is C17H22O5. The van der Waals surface area contributed by atoms with E-state index in [1.54, 1.807) is 6.07 Å². The van der Waals surface area contributed by atoms with Crippen molar-refractivity contribution >= 4 is 5.97 Å². The van der Waals surface area contributed by atoms with E-state index in [0.29, 0.717) is 18.6 Å². The van der Waals surface area contributed by atoms with Gasteiger partial charge in [0.1, 0.15) is 23.2 Å². The zero-order valence-electron chi connectivity index (χ0n) is 13.0. The Hall–Kier alpha value is -1.75. The van der Waals surface area contributed by atoms with Crippen molar-refractivity contribution < 1.29 is 24.1 Å². The third-order valence-corrected chi connectivity index (χ3v) is 4.42. The highest BCUT2D eigenvalue weighted by atomic mass is 16.5. The van der Waals surface area contributed by atoms with Crippen molar-refractivity contribution in [3.8, 4) is 11.5 Å². The van der Waals surface area contributed by atoms with E-state index >= 15 is 0 Å². The normalized spacial score (nSPS) is 27.9. The van der Waals surface area contributed by atoms with Crippen LogP contribution in [0.2, 0.25) is 0 Å².